The summed E-state index contributed by atoms with van der Waals surface area (Å²) in [5.74, 6) is -0.558. The number of Topliss-reactive ketones (excluding diaryl/α,β-unsaturated/α-hetero) is 1. The summed E-state index contributed by atoms with van der Waals surface area (Å²) in [6.45, 7) is 2.10. The van der Waals surface area contributed by atoms with Gasteiger partial charge in [0.1, 0.15) is 5.92 Å². The number of carbonyl (C=O) groups is 2. The van der Waals surface area contributed by atoms with Crippen molar-refractivity contribution in [2.75, 3.05) is 13.4 Å². The molecule has 0 amide bonds. The predicted octanol–water partition coefficient (Wildman–Crippen LogP) is 3.02. The minimum Gasteiger partial charge on any atom is -0.465 e. The molecule has 0 saturated carbocycles. The average molecular weight is 326 g/mol. The molecule has 24 heavy (non-hydrogen) atoms. The van der Waals surface area contributed by atoms with E-state index in [1.54, 1.807) is 25.1 Å². The largest absolute Gasteiger partial charge is 0.465 e. The van der Waals surface area contributed by atoms with Crippen LogP contribution in [-0.4, -0.2) is 25.2 Å². The second-order valence-electron chi connectivity index (χ2n) is 5.43. The van der Waals surface area contributed by atoms with Crippen molar-refractivity contribution >= 4 is 11.8 Å². The number of hydrogen-bond acceptors (Lipinski definition) is 5. The molecular weight excluding hydrogens is 308 g/mol. The Kier molecular flexibility index (Phi) is 4.79. The van der Waals surface area contributed by atoms with Gasteiger partial charge in [0.25, 0.3) is 0 Å². The van der Waals surface area contributed by atoms with Gasteiger partial charge in [-0.25, -0.2) is 0 Å². The number of carbonyl (C=O) groups excluding carboxylic acids is 2. The Morgan fingerprint density at radius 2 is 1.83 bits per heavy atom. The lowest BCUT2D eigenvalue weighted by molar-refractivity contribution is -0.146. The van der Waals surface area contributed by atoms with Gasteiger partial charge < -0.3 is 14.2 Å². The summed E-state index contributed by atoms with van der Waals surface area (Å²) in [5.41, 5.74) is 1.32. The highest BCUT2D eigenvalue weighted by Gasteiger charge is 2.30. The topological polar surface area (TPSA) is 61.8 Å². The van der Waals surface area contributed by atoms with Crippen molar-refractivity contribution in [3.63, 3.8) is 0 Å². The summed E-state index contributed by atoms with van der Waals surface area (Å²) < 4.78 is 15.7. The molecule has 0 aliphatic carbocycles. The van der Waals surface area contributed by atoms with Crippen LogP contribution >= 0.6 is 0 Å². The molecule has 124 valence electrons. The molecule has 0 aromatic heterocycles. The van der Waals surface area contributed by atoms with Gasteiger partial charge in [0.05, 0.1) is 6.61 Å². The van der Waals surface area contributed by atoms with Crippen LogP contribution < -0.4 is 9.47 Å². The SMILES string of the molecule is CCOC(=O)C(Cc1ccccc1)C(=O)c1ccc2c(c1)OCO2. The lowest BCUT2D eigenvalue weighted by Crippen LogP contribution is -2.28. The van der Waals surface area contributed by atoms with E-state index in [2.05, 4.69) is 0 Å². The first-order chi connectivity index (χ1) is 11.7. The van der Waals surface area contributed by atoms with E-state index in [4.69, 9.17) is 14.2 Å². The van der Waals surface area contributed by atoms with Crippen LogP contribution in [-0.2, 0) is 16.0 Å². The number of fused-ring (bicyclic) bond motifs is 1. The Bertz CT molecular complexity index is 739. The van der Waals surface area contributed by atoms with Crippen molar-refractivity contribution in [3.8, 4) is 11.5 Å². The molecule has 0 radical (unpaired) electrons. The van der Waals surface area contributed by atoms with E-state index < -0.39 is 11.9 Å². The minimum absolute atomic E-state index is 0.137. The van der Waals surface area contributed by atoms with Crippen molar-refractivity contribution in [3.05, 3.63) is 59.7 Å². The maximum atomic E-state index is 12.9. The third-order valence-corrected chi connectivity index (χ3v) is 3.83. The molecule has 0 spiro atoms. The molecule has 0 saturated heterocycles. The van der Waals surface area contributed by atoms with Gasteiger partial charge >= 0.3 is 5.97 Å². The van der Waals surface area contributed by atoms with E-state index in [1.807, 2.05) is 30.3 Å². The van der Waals surface area contributed by atoms with Crippen LogP contribution in [0.25, 0.3) is 0 Å². The fraction of sp³-hybridized carbons (Fsp3) is 0.263. The predicted molar refractivity (Wildman–Crippen MR) is 87.2 cm³/mol. The lowest BCUT2D eigenvalue weighted by Gasteiger charge is -2.15. The Hall–Kier alpha value is -2.82. The Balaban J connectivity index is 1.86. The maximum Gasteiger partial charge on any atom is 0.317 e. The van der Waals surface area contributed by atoms with Gasteiger partial charge in [0.2, 0.25) is 6.79 Å². The third-order valence-electron chi connectivity index (χ3n) is 3.83. The fourth-order valence-electron chi connectivity index (χ4n) is 2.63. The van der Waals surface area contributed by atoms with Crippen molar-refractivity contribution < 1.29 is 23.8 Å². The first-order valence-corrected chi connectivity index (χ1v) is 7.83. The zero-order chi connectivity index (χ0) is 16.9. The van der Waals surface area contributed by atoms with Crippen molar-refractivity contribution in [2.45, 2.75) is 13.3 Å². The molecule has 0 fully saturated rings. The summed E-state index contributed by atoms with van der Waals surface area (Å²) in [7, 11) is 0. The standard InChI is InChI=1S/C19H18O5/c1-2-22-19(21)15(10-13-6-4-3-5-7-13)18(20)14-8-9-16-17(11-14)24-12-23-16/h3-9,11,15H,2,10,12H2,1H3. The molecule has 5 nitrogen and oxygen atoms in total. The van der Waals surface area contributed by atoms with Gasteiger partial charge in [-0.3, -0.25) is 9.59 Å². The van der Waals surface area contributed by atoms with Crippen LogP contribution in [0.4, 0.5) is 0 Å². The molecule has 1 heterocycles. The molecule has 3 rings (SSSR count). The van der Waals surface area contributed by atoms with Gasteiger partial charge in [-0.05, 0) is 37.1 Å². The Labute approximate surface area is 140 Å². The van der Waals surface area contributed by atoms with Gasteiger partial charge in [-0.15, -0.1) is 0 Å². The van der Waals surface area contributed by atoms with Gasteiger partial charge in [-0.2, -0.15) is 0 Å². The summed E-state index contributed by atoms with van der Waals surface area (Å²) in [5, 5.41) is 0. The van der Waals surface area contributed by atoms with E-state index in [-0.39, 0.29) is 19.2 Å². The summed E-state index contributed by atoms with van der Waals surface area (Å²) in [6, 6.07) is 14.4. The number of esters is 1. The monoisotopic (exact) mass is 326 g/mol. The molecule has 0 bridgehead atoms. The van der Waals surface area contributed by atoms with Crippen LogP contribution in [0.5, 0.6) is 11.5 Å². The number of benzene rings is 2. The molecule has 1 aliphatic rings. The van der Waals surface area contributed by atoms with Crippen molar-refractivity contribution in [2.24, 2.45) is 5.92 Å². The summed E-state index contributed by atoms with van der Waals surface area (Å²) >= 11 is 0. The van der Waals surface area contributed by atoms with Crippen LogP contribution in [0.3, 0.4) is 0 Å². The Morgan fingerprint density at radius 3 is 2.58 bits per heavy atom. The average Bonchev–Trinajstić information content (AvgIpc) is 3.08. The third kappa shape index (κ3) is 3.40. The van der Waals surface area contributed by atoms with E-state index >= 15 is 0 Å². The van der Waals surface area contributed by atoms with Crippen LogP contribution in [0.1, 0.15) is 22.8 Å². The second-order valence-corrected chi connectivity index (χ2v) is 5.43. The van der Waals surface area contributed by atoms with Gasteiger partial charge in [-0.1, -0.05) is 30.3 Å². The highest BCUT2D eigenvalue weighted by molar-refractivity contribution is 6.09. The number of ether oxygens (including phenoxy) is 3. The maximum absolute atomic E-state index is 12.9. The first kappa shape index (κ1) is 16.1. The smallest absolute Gasteiger partial charge is 0.317 e. The number of hydrogen-bond donors (Lipinski definition) is 0. The van der Waals surface area contributed by atoms with Gasteiger partial charge in [0.15, 0.2) is 17.3 Å². The summed E-state index contributed by atoms with van der Waals surface area (Å²) in [4.78, 5) is 25.2. The van der Waals surface area contributed by atoms with Crippen LogP contribution in [0, 0.1) is 5.92 Å². The molecule has 1 unspecified atom stereocenters. The molecule has 2 aromatic rings. The van der Waals surface area contributed by atoms with Crippen LogP contribution in [0.15, 0.2) is 48.5 Å². The second kappa shape index (κ2) is 7.17. The van der Waals surface area contributed by atoms with E-state index in [1.165, 1.54) is 0 Å². The zero-order valence-electron chi connectivity index (χ0n) is 13.4. The normalized spacial score (nSPS) is 13.4. The lowest BCUT2D eigenvalue weighted by atomic mass is 9.91. The number of rotatable bonds is 6. The number of ketones is 1. The first-order valence-electron chi connectivity index (χ1n) is 7.83. The molecule has 1 atom stereocenters. The van der Waals surface area contributed by atoms with Crippen molar-refractivity contribution in [1.29, 1.82) is 0 Å². The Morgan fingerprint density at radius 1 is 1.08 bits per heavy atom. The van der Waals surface area contributed by atoms with Crippen molar-refractivity contribution in [1.82, 2.24) is 0 Å². The highest BCUT2D eigenvalue weighted by atomic mass is 16.7. The molecular formula is C19H18O5. The molecule has 1 aliphatic heterocycles. The fourth-order valence-corrected chi connectivity index (χ4v) is 2.63. The summed E-state index contributed by atoms with van der Waals surface area (Å²) in [6.07, 6.45) is 0.299. The van der Waals surface area contributed by atoms with Gasteiger partial charge in [0, 0.05) is 5.56 Å². The zero-order valence-corrected chi connectivity index (χ0v) is 13.4. The molecule has 2 aromatic carbocycles. The molecule has 5 heteroatoms. The molecule has 0 N–H and O–H groups in total. The highest BCUT2D eigenvalue weighted by Crippen LogP contribution is 2.33. The van der Waals surface area contributed by atoms with E-state index in [9.17, 15) is 9.59 Å². The minimum atomic E-state index is -0.882. The van der Waals surface area contributed by atoms with E-state index in [0.717, 1.165) is 5.56 Å². The van der Waals surface area contributed by atoms with E-state index in [0.29, 0.717) is 23.5 Å². The van der Waals surface area contributed by atoms with Crippen LogP contribution in [0.2, 0.25) is 0 Å². The quantitative estimate of drug-likeness (QED) is 0.464.